The molecular weight excluding hydrogens is 442 g/mol. The fourth-order valence-electron chi connectivity index (χ4n) is 3.70. The molecule has 6 N–H and O–H groups in total. The van der Waals surface area contributed by atoms with Gasteiger partial charge in [0.15, 0.2) is 0 Å². The third-order valence-electron chi connectivity index (χ3n) is 5.42. The number of benzene rings is 2. The molecule has 178 valence electrons. The normalized spacial score (nSPS) is 11.7. The largest absolute Gasteiger partial charge is 0.481 e. The van der Waals surface area contributed by atoms with E-state index in [9.17, 15) is 24.3 Å². The number of nitrogens with two attached hydrogens (primary N) is 1. The summed E-state index contributed by atoms with van der Waals surface area (Å²) in [4.78, 5) is 55.4. The number of carbonyl (C=O) groups excluding carboxylic acids is 1. The van der Waals surface area contributed by atoms with E-state index in [4.69, 9.17) is 10.8 Å². The summed E-state index contributed by atoms with van der Waals surface area (Å²) in [7, 11) is 1.87. The highest BCUT2D eigenvalue weighted by Gasteiger charge is 2.21. The number of hydrogen-bond acceptors (Lipinski definition) is 7. The van der Waals surface area contributed by atoms with Gasteiger partial charge in [-0.15, -0.1) is 0 Å². The number of hydrogen-bond donors (Lipinski definition) is 5. The molecule has 1 aromatic heterocycles. The molecule has 11 nitrogen and oxygen atoms in total. The molecule has 0 spiro atoms. The highest BCUT2D eigenvalue weighted by molar-refractivity contribution is 5.96. The fourth-order valence-corrected chi connectivity index (χ4v) is 3.70. The monoisotopic (exact) mass is 467 g/mol. The lowest BCUT2D eigenvalue weighted by atomic mass is 10.1. The van der Waals surface area contributed by atoms with Crippen molar-refractivity contribution in [1.29, 1.82) is 0 Å². The number of fused-ring (bicyclic) bond motifs is 1. The number of nitrogen functional groups attached to an aromatic ring is 1. The highest BCUT2D eigenvalue weighted by atomic mass is 16.4. The quantitative estimate of drug-likeness (QED) is 0.312. The number of aromatic amines is 1. The van der Waals surface area contributed by atoms with Crippen LogP contribution in [-0.4, -0.2) is 51.1 Å². The van der Waals surface area contributed by atoms with Gasteiger partial charge in [0.05, 0.1) is 10.9 Å². The van der Waals surface area contributed by atoms with E-state index >= 15 is 0 Å². The second-order valence-corrected chi connectivity index (χ2v) is 7.90. The first-order valence-corrected chi connectivity index (χ1v) is 10.4. The van der Waals surface area contributed by atoms with Crippen molar-refractivity contribution in [2.24, 2.45) is 0 Å². The van der Waals surface area contributed by atoms with E-state index < -0.39 is 23.9 Å². The minimum atomic E-state index is -1.30. The fraction of sp³-hybridized carbons (Fsp3) is 0.261. The number of rotatable bonds is 9. The molecule has 3 aromatic rings. The van der Waals surface area contributed by atoms with Crippen LogP contribution in [0.4, 0.5) is 11.6 Å². The molecule has 11 heteroatoms. The minimum Gasteiger partial charge on any atom is -0.481 e. The molecule has 0 unspecified atom stereocenters. The van der Waals surface area contributed by atoms with Crippen molar-refractivity contribution in [2.45, 2.75) is 32.4 Å². The Kier molecular flexibility index (Phi) is 7.15. The van der Waals surface area contributed by atoms with Crippen molar-refractivity contribution in [1.82, 2.24) is 15.3 Å². The number of amides is 1. The summed E-state index contributed by atoms with van der Waals surface area (Å²) in [6.45, 7) is 2.31. The van der Waals surface area contributed by atoms with Gasteiger partial charge in [-0.25, -0.2) is 9.78 Å². The third-order valence-corrected chi connectivity index (χ3v) is 5.42. The summed E-state index contributed by atoms with van der Waals surface area (Å²) in [6.07, 6.45) is -0.582. The van der Waals surface area contributed by atoms with Crippen molar-refractivity contribution < 1.29 is 24.6 Å². The number of carboxylic acids is 2. The lowest BCUT2D eigenvalue weighted by molar-refractivity contribution is -0.140. The zero-order valence-electron chi connectivity index (χ0n) is 18.7. The van der Waals surface area contributed by atoms with Gasteiger partial charge in [-0.05, 0) is 48.7 Å². The topological polar surface area (TPSA) is 179 Å². The molecule has 0 aliphatic rings. The van der Waals surface area contributed by atoms with Gasteiger partial charge in [-0.1, -0.05) is 12.1 Å². The standard InChI is InChI=1S/C23H25N5O6/c1-12-17(9-7-15-19(12)21(32)27-23(24)26-15)28(2)11-13-3-5-14(6-4-13)20(31)25-16(22(33)34)8-10-18(29)30/h3-7,9,16H,8,10-11H2,1-2H3,(H,25,31)(H,29,30)(H,33,34)(H3,24,26,27,32)/t16-/m0/s1. The molecule has 1 amide bonds. The Bertz CT molecular complexity index is 1300. The molecule has 0 saturated heterocycles. The van der Waals surface area contributed by atoms with Crippen molar-refractivity contribution in [3.8, 4) is 0 Å². The molecular formula is C23H25N5O6. The number of anilines is 2. The first kappa shape index (κ1) is 24.2. The van der Waals surface area contributed by atoms with Gasteiger partial charge in [0, 0.05) is 31.3 Å². The zero-order chi connectivity index (χ0) is 25.0. The molecule has 2 aromatic carbocycles. The number of aliphatic carboxylic acids is 2. The molecule has 0 aliphatic carbocycles. The summed E-state index contributed by atoms with van der Waals surface area (Å²) >= 11 is 0. The molecule has 3 rings (SSSR count). The number of nitrogens with zero attached hydrogens (tertiary/aromatic N) is 2. The predicted octanol–water partition coefficient (Wildman–Crippen LogP) is 1.50. The van der Waals surface area contributed by atoms with Gasteiger partial charge in [-0.3, -0.25) is 19.4 Å². The molecule has 1 heterocycles. The summed E-state index contributed by atoms with van der Waals surface area (Å²) in [5.41, 5.74) is 8.53. The Morgan fingerprint density at radius 2 is 1.82 bits per heavy atom. The number of nitrogens with one attached hydrogen (secondary N) is 2. The number of aromatic nitrogens is 2. The SMILES string of the molecule is Cc1c(N(C)Cc2ccc(C(=O)N[C@@H](CCC(=O)O)C(=O)O)cc2)ccc2nc(N)[nH]c(=O)c12. The lowest BCUT2D eigenvalue weighted by Gasteiger charge is -2.22. The minimum absolute atomic E-state index is 0.0543. The van der Waals surface area contributed by atoms with E-state index in [0.29, 0.717) is 17.4 Å². The van der Waals surface area contributed by atoms with Crippen LogP contribution in [0.3, 0.4) is 0 Å². The summed E-state index contributed by atoms with van der Waals surface area (Å²) < 4.78 is 0. The smallest absolute Gasteiger partial charge is 0.326 e. The van der Waals surface area contributed by atoms with Crippen molar-refractivity contribution in [3.63, 3.8) is 0 Å². The van der Waals surface area contributed by atoms with Crippen molar-refractivity contribution in [2.75, 3.05) is 17.7 Å². The Morgan fingerprint density at radius 1 is 1.15 bits per heavy atom. The Balaban J connectivity index is 1.72. The van der Waals surface area contributed by atoms with Crippen LogP contribution in [0.25, 0.3) is 10.9 Å². The molecule has 34 heavy (non-hydrogen) atoms. The van der Waals surface area contributed by atoms with Crippen LogP contribution < -0.4 is 21.5 Å². The summed E-state index contributed by atoms with van der Waals surface area (Å²) in [6, 6.07) is 8.91. The van der Waals surface area contributed by atoms with Crippen LogP contribution in [-0.2, 0) is 16.1 Å². The first-order valence-electron chi connectivity index (χ1n) is 10.4. The lowest BCUT2D eigenvalue weighted by Crippen LogP contribution is -2.41. The summed E-state index contributed by atoms with van der Waals surface area (Å²) in [5, 5.41) is 20.8. The van der Waals surface area contributed by atoms with E-state index in [1.807, 2.05) is 24.9 Å². The Hall–Kier alpha value is -4.41. The average molecular weight is 467 g/mol. The van der Waals surface area contributed by atoms with E-state index in [2.05, 4.69) is 15.3 Å². The first-order chi connectivity index (χ1) is 16.1. The van der Waals surface area contributed by atoms with E-state index in [1.165, 1.54) is 0 Å². The number of aryl methyl sites for hydroxylation is 1. The molecule has 0 radical (unpaired) electrons. The van der Waals surface area contributed by atoms with Gasteiger partial charge in [0.1, 0.15) is 6.04 Å². The van der Waals surface area contributed by atoms with Gasteiger partial charge in [0.25, 0.3) is 11.5 Å². The molecule has 0 aliphatic heterocycles. The van der Waals surface area contributed by atoms with E-state index in [1.54, 1.807) is 30.3 Å². The Morgan fingerprint density at radius 3 is 2.44 bits per heavy atom. The maximum Gasteiger partial charge on any atom is 0.326 e. The van der Waals surface area contributed by atoms with Gasteiger partial charge in [0.2, 0.25) is 5.95 Å². The highest BCUT2D eigenvalue weighted by Crippen LogP contribution is 2.26. The second-order valence-electron chi connectivity index (χ2n) is 7.90. The molecule has 1 atom stereocenters. The molecule has 0 fully saturated rings. The van der Waals surface area contributed by atoms with Crippen molar-refractivity contribution >= 4 is 40.4 Å². The van der Waals surface area contributed by atoms with Gasteiger partial charge < -0.3 is 26.2 Å². The van der Waals surface area contributed by atoms with E-state index in [0.717, 1.165) is 16.8 Å². The van der Waals surface area contributed by atoms with Crippen LogP contribution in [0.5, 0.6) is 0 Å². The van der Waals surface area contributed by atoms with Crippen LogP contribution in [0.1, 0.15) is 34.3 Å². The maximum atomic E-state index is 12.4. The maximum absolute atomic E-state index is 12.4. The molecule has 0 bridgehead atoms. The summed E-state index contributed by atoms with van der Waals surface area (Å²) in [5.74, 6) is -2.98. The Labute approximate surface area is 194 Å². The number of carboxylic acid groups (broad SMARTS) is 2. The zero-order valence-corrected chi connectivity index (χ0v) is 18.7. The van der Waals surface area contributed by atoms with Gasteiger partial charge in [-0.2, -0.15) is 0 Å². The van der Waals surface area contributed by atoms with Crippen LogP contribution in [0.15, 0.2) is 41.2 Å². The molecule has 0 saturated carbocycles. The predicted molar refractivity (Wildman–Crippen MR) is 126 cm³/mol. The number of carbonyl (C=O) groups is 3. The number of H-pyrrole nitrogens is 1. The van der Waals surface area contributed by atoms with Crippen LogP contribution in [0, 0.1) is 6.92 Å². The van der Waals surface area contributed by atoms with Crippen LogP contribution in [0.2, 0.25) is 0 Å². The second kappa shape index (κ2) is 10.0. The van der Waals surface area contributed by atoms with E-state index in [-0.39, 0.29) is 29.9 Å². The average Bonchev–Trinajstić information content (AvgIpc) is 2.76. The third kappa shape index (κ3) is 5.49. The van der Waals surface area contributed by atoms with Crippen LogP contribution >= 0.6 is 0 Å². The van der Waals surface area contributed by atoms with Crippen molar-refractivity contribution in [3.05, 3.63) is 63.4 Å². The van der Waals surface area contributed by atoms with Gasteiger partial charge >= 0.3 is 11.9 Å².